The van der Waals surface area contributed by atoms with E-state index >= 15 is 0 Å². The van der Waals surface area contributed by atoms with Crippen LogP contribution in [0, 0.1) is 5.92 Å². The summed E-state index contributed by atoms with van der Waals surface area (Å²) in [6.07, 6.45) is 7.52. The summed E-state index contributed by atoms with van der Waals surface area (Å²) in [6.45, 7) is 2.17. The number of carbonyl (C=O) groups excluding carboxylic acids is 1. The summed E-state index contributed by atoms with van der Waals surface area (Å²) < 4.78 is 0. The Labute approximate surface area is 104 Å². The summed E-state index contributed by atoms with van der Waals surface area (Å²) in [7, 11) is 0. The normalized spacial score (nSPS) is 31.4. The lowest BCUT2D eigenvalue weighted by Crippen LogP contribution is -2.54. The molecule has 94 valence electrons. The van der Waals surface area contributed by atoms with Gasteiger partial charge >= 0.3 is 0 Å². The summed E-state index contributed by atoms with van der Waals surface area (Å²) in [5.41, 5.74) is 5.97. The molecule has 1 amide bonds. The molecular formula is C12H23ClN2O. The van der Waals surface area contributed by atoms with Crippen LogP contribution in [0.15, 0.2) is 0 Å². The van der Waals surface area contributed by atoms with Gasteiger partial charge in [0.1, 0.15) is 0 Å². The van der Waals surface area contributed by atoms with Crippen LogP contribution in [0.4, 0.5) is 0 Å². The SMILES string of the molecule is CCC1(NC(=O)C2CCC(N)C2)CCC1.Cl. The van der Waals surface area contributed by atoms with Crippen LogP contribution in [0.25, 0.3) is 0 Å². The molecule has 0 heterocycles. The predicted octanol–water partition coefficient (Wildman–Crippen LogP) is 1.98. The van der Waals surface area contributed by atoms with Crippen molar-refractivity contribution in [1.82, 2.24) is 5.32 Å². The smallest absolute Gasteiger partial charge is 0.223 e. The van der Waals surface area contributed by atoms with Crippen molar-refractivity contribution in [3.05, 3.63) is 0 Å². The minimum absolute atomic E-state index is 0. The van der Waals surface area contributed by atoms with E-state index in [-0.39, 0.29) is 35.8 Å². The molecule has 0 aliphatic heterocycles. The van der Waals surface area contributed by atoms with Crippen molar-refractivity contribution in [1.29, 1.82) is 0 Å². The fourth-order valence-corrected chi connectivity index (χ4v) is 2.79. The van der Waals surface area contributed by atoms with Gasteiger partial charge in [-0.3, -0.25) is 4.79 Å². The van der Waals surface area contributed by atoms with Crippen molar-refractivity contribution in [2.75, 3.05) is 0 Å². The van der Waals surface area contributed by atoms with Crippen LogP contribution >= 0.6 is 12.4 Å². The third kappa shape index (κ3) is 2.69. The van der Waals surface area contributed by atoms with E-state index in [0.717, 1.165) is 38.5 Å². The van der Waals surface area contributed by atoms with E-state index < -0.39 is 0 Å². The maximum atomic E-state index is 12.0. The molecule has 16 heavy (non-hydrogen) atoms. The lowest BCUT2D eigenvalue weighted by molar-refractivity contribution is -0.128. The third-order valence-electron chi connectivity index (χ3n) is 4.22. The second-order valence-electron chi connectivity index (χ2n) is 5.25. The molecule has 2 rings (SSSR count). The molecule has 3 N–H and O–H groups in total. The molecular weight excluding hydrogens is 224 g/mol. The molecule has 0 radical (unpaired) electrons. The van der Waals surface area contributed by atoms with E-state index in [9.17, 15) is 4.79 Å². The quantitative estimate of drug-likeness (QED) is 0.800. The van der Waals surface area contributed by atoms with Gasteiger partial charge in [0, 0.05) is 17.5 Å². The summed E-state index contributed by atoms with van der Waals surface area (Å²) in [4.78, 5) is 12.0. The van der Waals surface area contributed by atoms with E-state index in [2.05, 4.69) is 12.2 Å². The Morgan fingerprint density at radius 1 is 1.44 bits per heavy atom. The molecule has 0 aromatic rings. The van der Waals surface area contributed by atoms with Gasteiger partial charge in [0.25, 0.3) is 0 Å². The fourth-order valence-electron chi connectivity index (χ4n) is 2.79. The second-order valence-corrected chi connectivity index (χ2v) is 5.25. The molecule has 2 saturated carbocycles. The first kappa shape index (κ1) is 13.8. The monoisotopic (exact) mass is 246 g/mol. The Balaban J connectivity index is 0.00000128. The van der Waals surface area contributed by atoms with Crippen LogP contribution in [0.3, 0.4) is 0 Å². The first-order valence-corrected chi connectivity index (χ1v) is 6.23. The number of hydrogen-bond donors (Lipinski definition) is 2. The van der Waals surface area contributed by atoms with Crippen molar-refractivity contribution in [2.45, 2.75) is 63.5 Å². The summed E-state index contributed by atoms with van der Waals surface area (Å²) in [6, 6.07) is 0.250. The number of amides is 1. The highest BCUT2D eigenvalue weighted by Crippen LogP contribution is 2.35. The average Bonchev–Trinajstić information content (AvgIpc) is 2.58. The van der Waals surface area contributed by atoms with Gasteiger partial charge < -0.3 is 11.1 Å². The van der Waals surface area contributed by atoms with Gasteiger partial charge in [-0.05, 0) is 44.9 Å². The zero-order valence-corrected chi connectivity index (χ0v) is 10.8. The van der Waals surface area contributed by atoms with Crippen molar-refractivity contribution >= 4 is 18.3 Å². The van der Waals surface area contributed by atoms with Crippen LogP contribution in [0.2, 0.25) is 0 Å². The summed E-state index contributed by atoms with van der Waals surface area (Å²) in [5.74, 6) is 0.438. The lowest BCUT2D eigenvalue weighted by Gasteiger charge is -2.42. The first-order valence-electron chi connectivity index (χ1n) is 6.23. The highest BCUT2D eigenvalue weighted by Gasteiger charge is 2.38. The van der Waals surface area contributed by atoms with E-state index in [1.807, 2.05) is 0 Å². The summed E-state index contributed by atoms with van der Waals surface area (Å²) >= 11 is 0. The summed E-state index contributed by atoms with van der Waals surface area (Å²) in [5, 5.41) is 3.25. The van der Waals surface area contributed by atoms with Crippen molar-refractivity contribution in [3.8, 4) is 0 Å². The van der Waals surface area contributed by atoms with E-state index in [1.54, 1.807) is 0 Å². The van der Waals surface area contributed by atoms with Gasteiger partial charge in [-0.15, -0.1) is 12.4 Å². The lowest BCUT2D eigenvalue weighted by atomic mass is 9.74. The highest BCUT2D eigenvalue weighted by atomic mass is 35.5. The highest BCUT2D eigenvalue weighted by molar-refractivity contribution is 5.85. The number of carbonyl (C=O) groups is 1. The van der Waals surface area contributed by atoms with Crippen LogP contribution < -0.4 is 11.1 Å². The Morgan fingerprint density at radius 2 is 2.12 bits per heavy atom. The molecule has 0 spiro atoms. The molecule has 0 bridgehead atoms. The van der Waals surface area contributed by atoms with Crippen LogP contribution in [0.5, 0.6) is 0 Å². The Hall–Kier alpha value is -0.280. The van der Waals surface area contributed by atoms with Crippen molar-refractivity contribution in [2.24, 2.45) is 11.7 Å². The fraction of sp³-hybridized carbons (Fsp3) is 0.917. The van der Waals surface area contributed by atoms with Gasteiger partial charge in [0.15, 0.2) is 0 Å². The van der Waals surface area contributed by atoms with Crippen molar-refractivity contribution in [3.63, 3.8) is 0 Å². The topological polar surface area (TPSA) is 55.1 Å². The Morgan fingerprint density at radius 3 is 2.50 bits per heavy atom. The molecule has 2 aliphatic rings. The minimum Gasteiger partial charge on any atom is -0.350 e. The van der Waals surface area contributed by atoms with Crippen LogP contribution in [-0.2, 0) is 4.79 Å². The maximum absolute atomic E-state index is 12.0. The molecule has 0 saturated heterocycles. The minimum atomic E-state index is 0. The second kappa shape index (κ2) is 5.37. The number of nitrogens with two attached hydrogens (primary N) is 1. The predicted molar refractivity (Wildman–Crippen MR) is 67.6 cm³/mol. The van der Waals surface area contributed by atoms with Gasteiger partial charge in [-0.2, -0.15) is 0 Å². The third-order valence-corrected chi connectivity index (χ3v) is 4.22. The number of nitrogens with one attached hydrogen (secondary N) is 1. The van der Waals surface area contributed by atoms with Crippen LogP contribution in [-0.4, -0.2) is 17.5 Å². The van der Waals surface area contributed by atoms with E-state index in [0.29, 0.717) is 0 Å². The van der Waals surface area contributed by atoms with E-state index in [4.69, 9.17) is 5.73 Å². The molecule has 4 heteroatoms. The zero-order valence-electron chi connectivity index (χ0n) is 10.00. The largest absolute Gasteiger partial charge is 0.350 e. The standard InChI is InChI=1S/C12H22N2O.ClH/c1-2-12(6-3-7-12)14-11(15)9-4-5-10(13)8-9;/h9-10H,2-8,13H2,1H3,(H,14,15);1H. The van der Waals surface area contributed by atoms with Gasteiger partial charge in [0.2, 0.25) is 5.91 Å². The molecule has 0 aromatic carbocycles. The maximum Gasteiger partial charge on any atom is 0.223 e. The van der Waals surface area contributed by atoms with Gasteiger partial charge in [-0.1, -0.05) is 6.92 Å². The number of halogens is 1. The first-order chi connectivity index (χ1) is 7.15. The van der Waals surface area contributed by atoms with Crippen LogP contribution in [0.1, 0.15) is 51.9 Å². The Kier molecular flexibility index (Phi) is 4.62. The molecule has 2 fully saturated rings. The van der Waals surface area contributed by atoms with E-state index in [1.165, 1.54) is 6.42 Å². The molecule has 3 nitrogen and oxygen atoms in total. The van der Waals surface area contributed by atoms with Gasteiger partial charge in [0.05, 0.1) is 0 Å². The van der Waals surface area contributed by atoms with Gasteiger partial charge in [-0.25, -0.2) is 0 Å². The molecule has 0 aromatic heterocycles. The Bertz CT molecular complexity index is 248. The zero-order chi connectivity index (χ0) is 10.9. The molecule has 2 atom stereocenters. The number of hydrogen-bond acceptors (Lipinski definition) is 2. The van der Waals surface area contributed by atoms with Crippen molar-refractivity contribution < 1.29 is 4.79 Å². The molecule has 2 unspecified atom stereocenters. The number of rotatable bonds is 3. The molecule has 2 aliphatic carbocycles. The average molecular weight is 247 g/mol.